The van der Waals surface area contributed by atoms with Gasteiger partial charge in [-0.05, 0) is 18.7 Å². The van der Waals surface area contributed by atoms with Gasteiger partial charge in [0.1, 0.15) is 11.4 Å². The molecule has 0 saturated carbocycles. The van der Waals surface area contributed by atoms with Crippen LogP contribution in [0.15, 0.2) is 24.5 Å². The summed E-state index contributed by atoms with van der Waals surface area (Å²) < 4.78 is 13.6. The first kappa shape index (κ1) is 11.9. The summed E-state index contributed by atoms with van der Waals surface area (Å²) in [7, 11) is 1.64. The van der Waals surface area contributed by atoms with Crippen LogP contribution in [-0.4, -0.2) is 27.4 Å². The van der Waals surface area contributed by atoms with Gasteiger partial charge in [-0.1, -0.05) is 6.92 Å². The van der Waals surface area contributed by atoms with Gasteiger partial charge in [0.2, 0.25) is 0 Å². The van der Waals surface area contributed by atoms with E-state index in [-0.39, 0.29) is 6.04 Å². The predicted molar refractivity (Wildman–Crippen MR) is 66.2 cm³/mol. The van der Waals surface area contributed by atoms with E-state index in [0.29, 0.717) is 0 Å². The molecule has 1 N–H and O–H groups in total. The van der Waals surface area contributed by atoms with E-state index in [9.17, 15) is 0 Å². The Bertz CT molecular complexity index is 460. The first-order chi connectivity index (χ1) is 8.36. The van der Waals surface area contributed by atoms with E-state index in [1.807, 2.05) is 19.1 Å². The minimum atomic E-state index is -0.0742. The van der Waals surface area contributed by atoms with Crippen molar-refractivity contribution in [2.75, 3.05) is 13.7 Å². The third-order valence-electron chi connectivity index (χ3n) is 2.38. The van der Waals surface area contributed by atoms with E-state index in [2.05, 4.69) is 19.0 Å². The van der Waals surface area contributed by atoms with E-state index in [1.165, 1.54) is 11.7 Å². The molecule has 0 saturated heterocycles. The van der Waals surface area contributed by atoms with Crippen molar-refractivity contribution in [2.24, 2.45) is 0 Å². The fourth-order valence-electron chi connectivity index (χ4n) is 1.64. The maximum absolute atomic E-state index is 5.32. The zero-order chi connectivity index (χ0) is 12.1. The van der Waals surface area contributed by atoms with Crippen LogP contribution in [0.4, 0.5) is 0 Å². The van der Waals surface area contributed by atoms with Crippen LogP contribution in [0.25, 0.3) is 0 Å². The number of pyridine rings is 1. The van der Waals surface area contributed by atoms with Crippen LogP contribution in [0.3, 0.4) is 0 Å². The normalized spacial score (nSPS) is 12.4. The summed E-state index contributed by atoms with van der Waals surface area (Å²) in [6.45, 7) is 2.87. The zero-order valence-electron chi connectivity index (χ0n) is 9.75. The SMILES string of the molecule is CCNC(c1cnsn1)c1ncccc1OC. The van der Waals surface area contributed by atoms with Crippen LogP contribution in [0, 0.1) is 0 Å². The van der Waals surface area contributed by atoms with E-state index in [4.69, 9.17) is 4.74 Å². The largest absolute Gasteiger partial charge is 0.495 e. The maximum Gasteiger partial charge on any atom is 0.142 e. The molecule has 17 heavy (non-hydrogen) atoms. The van der Waals surface area contributed by atoms with Crippen LogP contribution < -0.4 is 10.1 Å². The fraction of sp³-hybridized carbons (Fsp3) is 0.364. The molecule has 0 aliphatic heterocycles. The van der Waals surface area contributed by atoms with Gasteiger partial charge < -0.3 is 10.1 Å². The molecule has 0 aliphatic carbocycles. The maximum atomic E-state index is 5.32. The van der Waals surface area contributed by atoms with Crippen molar-refractivity contribution < 1.29 is 4.74 Å². The number of hydrogen-bond donors (Lipinski definition) is 1. The average Bonchev–Trinajstić information content (AvgIpc) is 2.89. The van der Waals surface area contributed by atoms with Crippen LogP contribution in [0.5, 0.6) is 5.75 Å². The van der Waals surface area contributed by atoms with E-state index in [1.54, 1.807) is 19.5 Å². The van der Waals surface area contributed by atoms with Gasteiger partial charge in [0, 0.05) is 6.20 Å². The lowest BCUT2D eigenvalue weighted by Crippen LogP contribution is -2.23. The first-order valence-corrected chi connectivity index (χ1v) is 6.09. The molecule has 6 heteroatoms. The Kier molecular flexibility index (Phi) is 4.00. The highest BCUT2D eigenvalue weighted by molar-refractivity contribution is 6.99. The summed E-state index contributed by atoms with van der Waals surface area (Å²) >= 11 is 1.19. The summed E-state index contributed by atoms with van der Waals surface area (Å²) in [5.41, 5.74) is 1.71. The van der Waals surface area contributed by atoms with Gasteiger partial charge in [0.15, 0.2) is 0 Å². The van der Waals surface area contributed by atoms with Crippen molar-refractivity contribution in [3.8, 4) is 5.75 Å². The molecular weight excluding hydrogens is 236 g/mol. The monoisotopic (exact) mass is 250 g/mol. The van der Waals surface area contributed by atoms with Crippen LogP contribution in [0.2, 0.25) is 0 Å². The Morgan fingerprint density at radius 3 is 3.06 bits per heavy atom. The molecule has 0 aromatic carbocycles. The molecule has 5 nitrogen and oxygen atoms in total. The zero-order valence-corrected chi connectivity index (χ0v) is 10.6. The minimum Gasteiger partial charge on any atom is -0.495 e. The molecule has 2 aromatic heterocycles. The molecular formula is C11H14N4OS. The Morgan fingerprint density at radius 2 is 2.41 bits per heavy atom. The molecule has 90 valence electrons. The lowest BCUT2D eigenvalue weighted by atomic mass is 10.1. The molecule has 0 spiro atoms. The summed E-state index contributed by atoms with van der Waals surface area (Å²) in [6.07, 6.45) is 3.51. The molecule has 2 rings (SSSR count). The topological polar surface area (TPSA) is 59.9 Å². The second-order valence-electron chi connectivity index (χ2n) is 3.41. The highest BCUT2D eigenvalue weighted by Crippen LogP contribution is 2.26. The van der Waals surface area contributed by atoms with E-state index in [0.717, 1.165) is 23.7 Å². The average molecular weight is 250 g/mol. The van der Waals surface area contributed by atoms with Crippen molar-refractivity contribution >= 4 is 11.7 Å². The van der Waals surface area contributed by atoms with Crippen LogP contribution in [-0.2, 0) is 0 Å². The highest BCUT2D eigenvalue weighted by atomic mass is 32.1. The fourth-order valence-corrected chi connectivity index (χ4v) is 2.09. The Hall–Kier alpha value is -1.53. The molecule has 1 atom stereocenters. The van der Waals surface area contributed by atoms with Crippen molar-refractivity contribution in [2.45, 2.75) is 13.0 Å². The third-order valence-corrected chi connectivity index (χ3v) is 2.87. The number of methoxy groups -OCH3 is 1. The summed E-state index contributed by atoms with van der Waals surface area (Å²) in [6, 6.07) is 3.67. The van der Waals surface area contributed by atoms with Gasteiger partial charge >= 0.3 is 0 Å². The highest BCUT2D eigenvalue weighted by Gasteiger charge is 2.20. The molecule has 0 amide bonds. The predicted octanol–water partition coefficient (Wildman–Crippen LogP) is 1.64. The smallest absolute Gasteiger partial charge is 0.142 e. The second kappa shape index (κ2) is 5.70. The van der Waals surface area contributed by atoms with Gasteiger partial charge in [-0.15, -0.1) is 0 Å². The Morgan fingerprint density at radius 1 is 1.53 bits per heavy atom. The standard InChI is InChI=1S/C11H14N4OS/c1-3-12-10(8-7-14-17-15-8)11-9(16-2)5-4-6-13-11/h4-7,10,12H,3H2,1-2H3. The van der Waals surface area contributed by atoms with Gasteiger partial charge in [0.25, 0.3) is 0 Å². The second-order valence-corrected chi connectivity index (χ2v) is 3.97. The summed E-state index contributed by atoms with van der Waals surface area (Å²) in [5.74, 6) is 0.756. The number of ether oxygens (including phenoxy) is 1. The van der Waals surface area contributed by atoms with Crippen molar-refractivity contribution in [3.63, 3.8) is 0 Å². The number of nitrogens with zero attached hydrogens (tertiary/aromatic N) is 3. The van der Waals surface area contributed by atoms with Crippen LogP contribution in [0.1, 0.15) is 24.4 Å². The lowest BCUT2D eigenvalue weighted by molar-refractivity contribution is 0.400. The summed E-state index contributed by atoms with van der Waals surface area (Å²) in [5, 5.41) is 3.34. The summed E-state index contributed by atoms with van der Waals surface area (Å²) in [4.78, 5) is 4.37. The minimum absolute atomic E-state index is 0.0742. The molecule has 0 bridgehead atoms. The van der Waals surface area contributed by atoms with E-state index >= 15 is 0 Å². The number of hydrogen-bond acceptors (Lipinski definition) is 6. The van der Waals surface area contributed by atoms with E-state index < -0.39 is 0 Å². The van der Waals surface area contributed by atoms with Gasteiger partial charge in [-0.2, -0.15) is 8.75 Å². The molecule has 2 aromatic rings. The molecule has 0 fully saturated rings. The number of rotatable bonds is 5. The Labute approximate surface area is 104 Å². The van der Waals surface area contributed by atoms with Crippen molar-refractivity contribution in [1.82, 2.24) is 19.0 Å². The van der Waals surface area contributed by atoms with Gasteiger partial charge in [-0.3, -0.25) is 4.98 Å². The molecule has 0 aliphatic rings. The van der Waals surface area contributed by atoms with Crippen LogP contribution >= 0.6 is 11.7 Å². The number of aromatic nitrogens is 3. The van der Waals surface area contributed by atoms with Crippen molar-refractivity contribution in [1.29, 1.82) is 0 Å². The van der Waals surface area contributed by atoms with Crippen molar-refractivity contribution in [3.05, 3.63) is 35.9 Å². The lowest BCUT2D eigenvalue weighted by Gasteiger charge is -2.17. The van der Waals surface area contributed by atoms with Gasteiger partial charge in [-0.25, -0.2) is 0 Å². The number of nitrogens with one attached hydrogen (secondary N) is 1. The Balaban J connectivity index is 2.39. The quantitative estimate of drug-likeness (QED) is 0.874. The molecule has 2 heterocycles. The van der Waals surface area contributed by atoms with Gasteiger partial charge in [0.05, 0.1) is 36.8 Å². The molecule has 1 unspecified atom stereocenters. The third kappa shape index (κ3) is 2.59. The first-order valence-electron chi connectivity index (χ1n) is 5.36. The molecule has 0 radical (unpaired) electrons.